The molecular weight excluding hydrogens is 166 g/mol. The molecule has 3 nitrogen and oxygen atoms in total. The molecule has 2 heterocycles. The first-order valence-corrected chi connectivity index (χ1v) is 3.96. The van der Waals surface area contributed by atoms with Crippen molar-refractivity contribution in [3.05, 3.63) is 17.3 Å². The van der Waals surface area contributed by atoms with Crippen LogP contribution >= 0.6 is 11.6 Å². The van der Waals surface area contributed by atoms with Gasteiger partial charge in [0.25, 0.3) is 5.35 Å². The van der Waals surface area contributed by atoms with Gasteiger partial charge >= 0.3 is 0 Å². The Hall–Kier alpha value is -0.540. The van der Waals surface area contributed by atoms with Crippen LogP contribution in [-0.4, -0.2) is 11.6 Å². The van der Waals surface area contributed by atoms with Crippen molar-refractivity contribution in [3.8, 4) is 0 Å². The van der Waals surface area contributed by atoms with Gasteiger partial charge in [-0.25, -0.2) is 4.98 Å². The van der Waals surface area contributed by atoms with Crippen molar-refractivity contribution in [2.24, 2.45) is 0 Å². The van der Waals surface area contributed by atoms with Crippen LogP contribution in [0.15, 0.2) is 10.7 Å². The summed E-state index contributed by atoms with van der Waals surface area (Å²) >= 11 is 5.51. The van der Waals surface area contributed by atoms with Crippen LogP contribution in [-0.2, 0) is 4.74 Å². The molecule has 1 atom stereocenters. The Bertz CT molecular complexity index is 242. The minimum absolute atomic E-state index is 0.103. The van der Waals surface area contributed by atoms with Crippen LogP contribution in [0.4, 0.5) is 0 Å². The lowest BCUT2D eigenvalue weighted by Gasteiger charge is -2.01. The molecule has 0 aliphatic carbocycles. The monoisotopic (exact) mass is 173 g/mol. The second kappa shape index (κ2) is 2.83. The predicted molar refractivity (Wildman–Crippen MR) is 39.4 cm³/mol. The number of halogens is 1. The summed E-state index contributed by atoms with van der Waals surface area (Å²) in [5.41, 5.74) is 0.813. The fourth-order valence-corrected chi connectivity index (χ4v) is 1.36. The van der Waals surface area contributed by atoms with Crippen LogP contribution in [0.1, 0.15) is 24.6 Å². The first-order valence-electron chi connectivity index (χ1n) is 3.59. The molecule has 0 aromatic carbocycles. The molecule has 11 heavy (non-hydrogen) atoms. The van der Waals surface area contributed by atoms with Crippen LogP contribution < -0.4 is 0 Å². The van der Waals surface area contributed by atoms with Gasteiger partial charge in [-0.3, -0.25) is 0 Å². The molecule has 1 aromatic heterocycles. The third-order valence-corrected chi connectivity index (χ3v) is 1.93. The average molecular weight is 174 g/mol. The zero-order chi connectivity index (χ0) is 7.68. The fraction of sp³-hybridized carbons (Fsp3) is 0.571. The number of oxazole rings is 1. The maximum absolute atomic E-state index is 5.51. The number of hydrogen-bond acceptors (Lipinski definition) is 3. The van der Waals surface area contributed by atoms with Crippen LogP contribution in [0.5, 0.6) is 0 Å². The molecule has 1 fully saturated rings. The zero-order valence-electron chi connectivity index (χ0n) is 5.92. The first-order chi connectivity index (χ1) is 5.36. The van der Waals surface area contributed by atoms with Crippen molar-refractivity contribution in [1.82, 2.24) is 4.98 Å². The molecule has 1 saturated heterocycles. The van der Waals surface area contributed by atoms with Crippen molar-refractivity contribution in [1.29, 1.82) is 0 Å². The van der Waals surface area contributed by atoms with Gasteiger partial charge in [-0.05, 0) is 24.4 Å². The highest BCUT2D eigenvalue weighted by Crippen LogP contribution is 2.28. The van der Waals surface area contributed by atoms with E-state index in [0.717, 1.165) is 25.1 Å². The highest BCUT2D eigenvalue weighted by atomic mass is 35.5. The van der Waals surface area contributed by atoms with E-state index in [1.54, 1.807) is 6.26 Å². The van der Waals surface area contributed by atoms with E-state index in [1.807, 2.05) is 0 Å². The summed E-state index contributed by atoms with van der Waals surface area (Å²) in [5.74, 6) is 0. The number of aromatic nitrogens is 1. The third kappa shape index (κ3) is 1.39. The predicted octanol–water partition coefficient (Wildman–Crippen LogP) is 2.18. The van der Waals surface area contributed by atoms with E-state index in [4.69, 9.17) is 20.8 Å². The topological polar surface area (TPSA) is 35.3 Å². The van der Waals surface area contributed by atoms with Gasteiger partial charge in [0.1, 0.15) is 18.1 Å². The Morgan fingerprint density at radius 1 is 1.64 bits per heavy atom. The lowest BCUT2D eigenvalue weighted by molar-refractivity contribution is 0.108. The first kappa shape index (κ1) is 7.13. The molecule has 1 unspecified atom stereocenters. The largest absolute Gasteiger partial charge is 0.436 e. The number of nitrogens with zero attached hydrogens (tertiary/aromatic N) is 1. The van der Waals surface area contributed by atoms with Gasteiger partial charge in [-0.1, -0.05) is 0 Å². The Morgan fingerprint density at radius 3 is 3.09 bits per heavy atom. The molecule has 1 aromatic rings. The zero-order valence-corrected chi connectivity index (χ0v) is 6.67. The number of ether oxygens (including phenoxy) is 1. The van der Waals surface area contributed by atoms with Gasteiger partial charge in [0.15, 0.2) is 0 Å². The minimum atomic E-state index is 0.103. The molecule has 0 radical (unpaired) electrons. The van der Waals surface area contributed by atoms with Crippen molar-refractivity contribution in [2.75, 3.05) is 6.61 Å². The van der Waals surface area contributed by atoms with Gasteiger partial charge in [0.2, 0.25) is 0 Å². The quantitative estimate of drug-likeness (QED) is 0.653. The summed E-state index contributed by atoms with van der Waals surface area (Å²) in [6.07, 6.45) is 3.77. The Balaban J connectivity index is 2.15. The summed E-state index contributed by atoms with van der Waals surface area (Å²) in [6.45, 7) is 0.815. The number of rotatable bonds is 1. The maximum atomic E-state index is 5.51. The SMILES string of the molecule is Clc1nc(C2CCCO2)co1. The van der Waals surface area contributed by atoms with Crippen molar-refractivity contribution in [3.63, 3.8) is 0 Å². The Labute approximate surface area is 69.3 Å². The highest BCUT2D eigenvalue weighted by Gasteiger charge is 2.20. The molecule has 1 aliphatic rings. The van der Waals surface area contributed by atoms with E-state index in [2.05, 4.69) is 4.98 Å². The smallest absolute Gasteiger partial charge is 0.292 e. The van der Waals surface area contributed by atoms with Crippen LogP contribution in [0.3, 0.4) is 0 Å². The summed E-state index contributed by atoms with van der Waals surface area (Å²) in [4.78, 5) is 3.97. The lowest BCUT2D eigenvalue weighted by atomic mass is 10.2. The maximum Gasteiger partial charge on any atom is 0.292 e. The summed E-state index contributed by atoms with van der Waals surface area (Å²) in [5, 5.41) is 0.190. The molecule has 0 amide bonds. The van der Waals surface area contributed by atoms with E-state index in [1.165, 1.54) is 0 Å². The molecule has 0 N–H and O–H groups in total. The molecule has 4 heteroatoms. The van der Waals surface area contributed by atoms with E-state index in [9.17, 15) is 0 Å². The molecular formula is C7H8ClNO2. The Kier molecular flexibility index (Phi) is 1.84. The van der Waals surface area contributed by atoms with Crippen LogP contribution in [0.25, 0.3) is 0 Å². The van der Waals surface area contributed by atoms with E-state index >= 15 is 0 Å². The Morgan fingerprint density at radius 2 is 2.55 bits per heavy atom. The van der Waals surface area contributed by atoms with Gasteiger partial charge in [-0.15, -0.1) is 0 Å². The van der Waals surface area contributed by atoms with Gasteiger partial charge in [-0.2, -0.15) is 0 Å². The molecule has 0 bridgehead atoms. The standard InChI is InChI=1S/C7H8ClNO2/c8-7-9-5(4-11-7)6-2-1-3-10-6/h4,6H,1-3H2. The molecule has 2 rings (SSSR count). The minimum Gasteiger partial charge on any atom is -0.436 e. The fourth-order valence-electron chi connectivity index (χ4n) is 1.22. The second-order valence-corrected chi connectivity index (χ2v) is 2.85. The normalized spacial score (nSPS) is 24.3. The molecule has 0 saturated carbocycles. The molecule has 0 spiro atoms. The van der Waals surface area contributed by atoms with Crippen molar-refractivity contribution < 1.29 is 9.15 Å². The van der Waals surface area contributed by atoms with E-state index in [0.29, 0.717) is 0 Å². The second-order valence-electron chi connectivity index (χ2n) is 2.53. The van der Waals surface area contributed by atoms with Crippen LogP contribution in [0.2, 0.25) is 5.35 Å². The third-order valence-electron chi connectivity index (χ3n) is 1.75. The van der Waals surface area contributed by atoms with Crippen molar-refractivity contribution in [2.45, 2.75) is 18.9 Å². The summed E-state index contributed by atoms with van der Waals surface area (Å²) in [7, 11) is 0. The number of hydrogen-bond donors (Lipinski definition) is 0. The molecule has 1 aliphatic heterocycles. The van der Waals surface area contributed by atoms with Crippen molar-refractivity contribution >= 4 is 11.6 Å². The van der Waals surface area contributed by atoms with E-state index < -0.39 is 0 Å². The van der Waals surface area contributed by atoms with Gasteiger partial charge in [0, 0.05) is 6.61 Å². The summed E-state index contributed by atoms with van der Waals surface area (Å²) in [6, 6.07) is 0. The average Bonchev–Trinajstić information content (AvgIpc) is 2.55. The van der Waals surface area contributed by atoms with Gasteiger partial charge < -0.3 is 9.15 Å². The van der Waals surface area contributed by atoms with E-state index in [-0.39, 0.29) is 11.5 Å². The van der Waals surface area contributed by atoms with Crippen LogP contribution in [0, 0.1) is 0 Å². The highest BCUT2D eigenvalue weighted by molar-refractivity contribution is 6.27. The summed E-state index contributed by atoms with van der Waals surface area (Å²) < 4.78 is 10.2. The lowest BCUT2D eigenvalue weighted by Crippen LogP contribution is -1.94. The van der Waals surface area contributed by atoms with Gasteiger partial charge in [0.05, 0.1) is 0 Å². The molecule has 60 valence electrons.